The Morgan fingerprint density at radius 2 is 1.83 bits per heavy atom. The summed E-state index contributed by atoms with van der Waals surface area (Å²) in [6, 6.07) is 7.69. The Morgan fingerprint density at radius 1 is 1.17 bits per heavy atom. The van der Waals surface area contributed by atoms with E-state index in [0.717, 1.165) is 10.4 Å². The van der Waals surface area contributed by atoms with Gasteiger partial charge in [-0.3, -0.25) is 10.2 Å². The molecule has 1 heterocycles. The molecule has 1 unspecified atom stereocenters. The van der Waals surface area contributed by atoms with Crippen LogP contribution in [-0.4, -0.2) is 23.6 Å². The maximum absolute atomic E-state index is 13.7. The van der Waals surface area contributed by atoms with Gasteiger partial charge in [0.25, 0.3) is 0 Å². The number of hydrazine groups is 1. The van der Waals surface area contributed by atoms with Gasteiger partial charge >= 0.3 is 6.18 Å². The Balaban J connectivity index is 2.06. The van der Waals surface area contributed by atoms with Crippen LogP contribution in [0.4, 0.5) is 13.2 Å². The molecule has 7 heteroatoms. The summed E-state index contributed by atoms with van der Waals surface area (Å²) in [5.74, 6) is -0.416. The highest BCUT2D eigenvalue weighted by atomic mass is 35.5. The van der Waals surface area contributed by atoms with E-state index in [1.807, 2.05) is 0 Å². The minimum atomic E-state index is -4.53. The van der Waals surface area contributed by atoms with Crippen molar-refractivity contribution in [2.45, 2.75) is 26.1 Å². The summed E-state index contributed by atoms with van der Waals surface area (Å²) in [7, 11) is 0. The summed E-state index contributed by atoms with van der Waals surface area (Å²) < 4.78 is 41.1. The van der Waals surface area contributed by atoms with E-state index in [1.54, 1.807) is 38.1 Å². The van der Waals surface area contributed by atoms with Crippen LogP contribution in [0.5, 0.6) is 0 Å². The lowest BCUT2D eigenvalue weighted by atomic mass is 9.93. The van der Waals surface area contributed by atoms with Crippen LogP contribution in [0.2, 0.25) is 5.02 Å². The molecule has 1 saturated heterocycles. The van der Waals surface area contributed by atoms with E-state index in [0.29, 0.717) is 10.4 Å². The van der Waals surface area contributed by atoms with Gasteiger partial charge in [0.05, 0.1) is 5.41 Å². The first-order valence-corrected chi connectivity index (χ1v) is 7.79. The van der Waals surface area contributed by atoms with E-state index in [9.17, 15) is 18.0 Å². The highest BCUT2D eigenvalue weighted by Crippen LogP contribution is 2.41. The number of benzene rings is 2. The average molecular weight is 357 g/mol. The van der Waals surface area contributed by atoms with Gasteiger partial charge in [-0.1, -0.05) is 29.8 Å². The highest BCUT2D eigenvalue weighted by Gasteiger charge is 2.51. The van der Waals surface area contributed by atoms with Crippen LogP contribution < -0.4 is 5.43 Å². The fourth-order valence-corrected chi connectivity index (χ4v) is 3.11. The van der Waals surface area contributed by atoms with Gasteiger partial charge in [-0.2, -0.15) is 13.2 Å². The molecule has 1 atom stereocenters. The molecule has 1 N–H and O–H groups in total. The number of nitrogens with zero attached hydrogens (tertiary/aromatic N) is 1. The molecule has 0 bridgehead atoms. The summed E-state index contributed by atoms with van der Waals surface area (Å²) in [5, 5.41) is 2.85. The first kappa shape index (κ1) is 17.0. The van der Waals surface area contributed by atoms with Crippen molar-refractivity contribution in [2.24, 2.45) is 5.41 Å². The fraction of sp³-hybridized carbons (Fsp3) is 0.353. The lowest BCUT2D eigenvalue weighted by Crippen LogP contribution is -2.43. The summed E-state index contributed by atoms with van der Waals surface area (Å²) in [5.41, 5.74) is 1.55. The number of amides is 1. The van der Waals surface area contributed by atoms with Crippen molar-refractivity contribution < 1.29 is 18.0 Å². The molecule has 3 rings (SSSR count). The number of hydrogen-bond acceptors (Lipinski definition) is 2. The van der Waals surface area contributed by atoms with E-state index in [1.165, 1.54) is 12.1 Å². The molecule has 1 amide bonds. The molecule has 0 spiro atoms. The van der Waals surface area contributed by atoms with Gasteiger partial charge in [0.2, 0.25) is 5.91 Å². The van der Waals surface area contributed by atoms with E-state index >= 15 is 0 Å². The van der Waals surface area contributed by atoms with Crippen molar-refractivity contribution in [3.8, 4) is 0 Å². The van der Waals surface area contributed by atoms with Crippen LogP contribution >= 0.6 is 11.6 Å². The normalized spacial score (nSPS) is 19.5. The second kappa shape index (κ2) is 5.63. The minimum absolute atomic E-state index is 0.0242. The number of carbonyl (C=O) groups is 1. The van der Waals surface area contributed by atoms with Crippen molar-refractivity contribution in [3.05, 3.63) is 47.0 Å². The number of carbonyl (C=O) groups excluding carboxylic acids is 1. The standard InChI is InChI=1S/C17H16ClF3N2O/c1-16(2)9-23(22-15(16)24)14(17(19,20)21)11-4-3-10-5-6-13(18)8-12(10)7-11/h3-8,14H,9H2,1-2H3,(H,22,24). The maximum atomic E-state index is 13.7. The zero-order valence-electron chi connectivity index (χ0n) is 13.1. The van der Waals surface area contributed by atoms with Crippen LogP contribution in [0, 0.1) is 5.41 Å². The number of halogens is 4. The van der Waals surface area contributed by atoms with Gasteiger partial charge in [-0.25, -0.2) is 5.01 Å². The fourth-order valence-electron chi connectivity index (χ4n) is 2.93. The van der Waals surface area contributed by atoms with Crippen LogP contribution in [0.1, 0.15) is 25.5 Å². The maximum Gasteiger partial charge on any atom is 0.409 e. The lowest BCUT2D eigenvalue weighted by Gasteiger charge is -2.30. The highest BCUT2D eigenvalue weighted by molar-refractivity contribution is 6.31. The van der Waals surface area contributed by atoms with Gasteiger partial charge in [-0.05, 0) is 48.4 Å². The Kier molecular flexibility index (Phi) is 4.00. The topological polar surface area (TPSA) is 32.3 Å². The molecule has 1 fully saturated rings. The molecule has 1 aliphatic heterocycles. The molecule has 2 aromatic carbocycles. The zero-order valence-corrected chi connectivity index (χ0v) is 13.9. The largest absolute Gasteiger partial charge is 0.409 e. The molecule has 1 aliphatic rings. The van der Waals surface area contributed by atoms with Crippen LogP contribution in [-0.2, 0) is 4.79 Å². The average Bonchev–Trinajstić information content (AvgIpc) is 2.70. The van der Waals surface area contributed by atoms with E-state index in [-0.39, 0.29) is 12.1 Å². The molecule has 3 nitrogen and oxygen atoms in total. The minimum Gasteiger partial charge on any atom is -0.287 e. The van der Waals surface area contributed by atoms with E-state index in [2.05, 4.69) is 5.43 Å². The molecule has 0 radical (unpaired) electrons. The summed E-state index contributed by atoms with van der Waals surface area (Å²) >= 11 is 5.93. The van der Waals surface area contributed by atoms with Crippen LogP contribution in [0.3, 0.4) is 0 Å². The van der Waals surface area contributed by atoms with Crippen molar-refractivity contribution >= 4 is 28.3 Å². The Labute approximate surface area is 142 Å². The van der Waals surface area contributed by atoms with E-state index in [4.69, 9.17) is 11.6 Å². The third-order valence-corrected chi connectivity index (χ3v) is 4.42. The Bertz CT molecular complexity index is 804. The van der Waals surface area contributed by atoms with Gasteiger partial charge < -0.3 is 0 Å². The number of rotatable bonds is 2. The van der Waals surface area contributed by atoms with Crippen molar-refractivity contribution in [1.82, 2.24) is 10.4 Å². The first-order valence-electron chi connectivity index (χ1n) is 7.42. The molecular weight excluding hydrogens is 341 g/mol. The molecule has 0 aromatic heterocycles. The smallest absolute Gasteiger partial charge is 0.287 e. The van der Waals surface area contributed by atoms with Crippen LogP contribution in [0.15, 0.2) is 36.4 Å². The van der Waals surface area contributed by atoms with Gasteiger partial charge in [-0.15, -0.1) is 0 Å². The monoisotopic (exact) mass is 356 g/mol. The molecule has 0 saturated carbocycles. The predicted molar refractivity (Wildman–Crippen MR) is 86.4 cm³/mol. The summed E-state index contributed by atoms with van der Waals surface area (Å²) in [6.07, 6.45) is -4.53. The Morgan fingerprint density at radius 3 is 2.42 bits per heavy atom. The zero-order chi connectivity index (χ0) is 17.7. The number of alkyl halides is 3. The Hall–Kier alpha value is -1.79. The van der Waals surface area contributed by atoms with Gasteiger partial charge in [0, 0.05) is 11.6 Å². The predicted octanol–water partition coefficient (Wildman–Crippen LogP) is 4.47. The van der Waals surface area contributed by atoms with Crippen molar-refractivity contribution in [3.63, 3.8) is 0 Å². The first-order chi connectivity index (χ1) is 11.1. The van der Waals surface area contributed by atoms with Crippen LogP contribution in [0.25, 0.3) is 10.8 Å². The third-order valence-electron chi connectivity index (χ3n) is 4.19. The lowest BCUT2D eigenvalue weighted by molar-refractivity contribution is -0.191. The second-order valence-corrected chi connectivity index (χ2v) is 7.08. The molecule has 2 aromatic rings. The SMILES string of the molecule is CC1(C)CN(C(c2ccc3ccc(Cl)cc3c2)C(F)(F)F)NC1=O. The van der Waals surface area contributed by atoms with Crippen molar-refractivity contribution in [2.75, 3.05) is 6.54 Å². The van der Waals surface area contributed by atoms with Crippen molar-refractivity contribution in [1.29, 1.82) is 0 Å². The molecule has 128 valence electrons. The molecule has 24 heavy (non-hydrogen) atoms. The van der Waals surface area contributed by atoms with E-state index < -0.39 is 23.5 Å². The second-order valence-electron chi connectivity index (χ2n) is 6.65. The van der Waals surface area contributed by atoms with Gasteiger partial charge in [0.15, 0.2) is 0 Å². The van der Waals surface area contributed by atoms with Gasteiger partial charge in [0.1, 0.15) is 6.04 Å². The quantitative estimate of drug-likeness (QED) is 0.861. The third kappa shape index (κ3) is 3.08. The number of fused-ring (bicyclic) bond motifs is 1. The number of nitrogens with one attached hydrogen (secondary N) is 1. The molecule has 0 aliphatic carbocycles. The number of hydrogen-bond donors (Lipinski definition) is 1. The summed E-state index contributed by atoms with van der Waals surface area (Å²) in [6.45, 7) is 3.22. The summed E-state index contributed by atoms with van der Waals surface area (Å²) in [4.78, 5) is 11.9. The molecular formula is C17H16ClF3N2O.